The molecular formula is C23H32N2O3S. The van der Waals surface area contributed by atoms with Crippen LogP contribution in [0.5, 0.6) is 0 Å². The van der Waals surface area contributed by atoms with Crippen LogP contribution < -0.4 is 9.62 Å². The monoisotopic (exact) mass is 416 g/mol. The van der Waals surface area contributed by atoms with E-state index >= 15 is 0 Å². The minimum absolute atomic E-state index is 0.177. The van der Waals surface area contributed by atoms with Crippen LogP contribution in [-0.4, -0.2) is 26.6 Å². The Labute approximate surface area is 175 Å². The standard InChI is InChI=1S/C23H32N2O3S/c1-8-21(20-12-11-16(3)18(5)14-20)24-23(26)19(6)25(29(7,27)28)22-13-15(2)9-10-17(22)4/h9-14,19,21H,8H2,1-7H3,(H,24,26)/t19-,21-/m1/s1. The van der Waals surface area contributed by atoms with Gasteiger partial charge in [-0.3, -0.25) is 9.10 Å². The summed E-state index contributed by atoms with van der Waals surface area (Å²) in [6.07, 6.45) is 1.85. The van der Waals surface area contributed by atoms with Crippen LogP contribution in [0.4, 0.5) is 5.69 Å². The first-order valence-electron chi connectivity index (χ1n) is 9.89. The normalized spacial score (nSPS) is 13.6. The summed E-state index contributed by atoms with van der Waals surface area (Å²) in [4.78, 5) is 13.1. The van der Waals surface area contributed by atoms with E-state index in [-0.39, 0.29) is 11.9 Å². The van der Waals surface area contributed by atoms with Crippen molar-refractivity contribution in [3.63, 3.8) is 0 Å². The number of anilines is 1. The molecule has 0 unspecified atom stereocenters. The van der Waals surface area contributed by atoms with Crippen LogP contribution in [0.1, 0.15) is 54.1 Å². The Morgan fingerprint density at radius 3 is 2.17 bits per heavy atom. The molecule has 158 valence electrons. The van der Waals surface area contributed by atoms with Gasteiger partial charge in [-0.25, -0.2) is 8.42 Å². The van der Waals surface area contributed by atoms with Crippen molar-refractivity contribution < 1.29 is 13.2 Å². The molecule has 0 aliphatic carbocycles. The average Bonchev–Trinajstić information content (AvgIpc) is 2.63. The maximum atomic E-state index is 13.1. The number of amides is 1. The summed E-state index contributed by atoms with van der Waals surface area (Å²) >= 11 is 0. The third kappa shape index (κ3) is 5.38. The van der Waals surface area contributed by atoms with Gasteiger partial charge in [0.2, 0.25) is 15.9 Å². The lowest BCUT2D eigenvalue weighted by Crippen LogP contribution is -2.48. The van der Waals surface area contributed by atoms with Gasteiger partial charge in [-0.1, -0.05) is 37.3 Å². The zero-order chi connectivity index (χ0) is 21.9. The summed E-state index contributed by atoms with van der Waals surface area (Å²) in [5.74, 6) is -0.318. The van der Waals surface area contributed by atoms with E-state index in [0.717, 1.165) is 28.5 Å². The molecule has 0 heterocycles. The summed E-state index contributed by atoms with van der Waals surface area (Å²) in [7, 11) is -3.65. The second kappa shape index (κ2) is 8.99. The largest absolute Gasteiger partial charge is 0.347 e. The number of rotatable bonds is 7. The number of sulfonamides is 1. The highest BCUT2D eigenvalue weighted by molar-refractivity contribution is 7.92. The van der Waals surface area contributed by atoms with Crippen molar-refractivity contribution in [3.8, 4) is 0 Å². The van der Waals surface area contributed by atoms with Gasteiger partial charge in [0.1, 0.15) is 6.04 Å². The molecule has 2 atom stereocenters. The lowest BCUT2D eigenvalue weighted by Gasteiger charge is -2.31. The van der Waals surface area contributed by atoms with E-state index in [0.29, 0.717) is 12.1 Å². The first-order chi connectivity index (χ1) is 13.5. The van der Waals surface area contributed by atoms with E-state index in [1.165, 1.54) is 9.87 Å². The van der Waals surface area contributed by atoms with Crippen molar-refractivity contribution in [2.24, 2.45) is 0 Å². The molecule has 0 saturated heterocycles. The van der Waals surface area contributed by atoms with E-state index < -0.39 is 16.1 Å². The maximum Gasteiger partial charge on any atom is 0.244 e. The molecule has 1 N–H and O–H groups in total. The summed E-state index contributed by atoms with van der Waals surface area (Å²) in [6.45, 7) is 11.5. The van der Waals surface area contributed by atoms with Crippen molar-refractivity contribution in [1.29, 1.82) is 0 Å². The Kier molecular flexibility index (Phi) is 7.11. The number of benzene rings is 2. The Balaban J connectivity index is 2.35. The molecule has 0 radical (unpaired) electrons. The number of nitrogens with one attached hydrogen (secondary N) is 1. The van der Waals surface area contributed by atoms with Crippen LogP contribution in [-0.2, 0) is 14.8 Å². The van der Waals surface area contributed by atoms with Crippen LogP contribution in [0.3, 0.4) is 0 Å². The topological polar surface area (TPSA) is 66.5 Å². The van der Waals surface area contributed by atoms with E-state index in [4.69, 9.17) is 0 Å². The predicted molar refractivity (Wildman–Crippen MR) is 120 cm³/mol. The number of hydrogen-bond donors (Lipinski definition) is 1. The smallest absolute Gasteiger partial charge is 0.244 e. The van der Waals surface area contributed by atoms with E-state index in [1.54, 1.807) is 13.0 Å². The highest BCUT2D eigenvalue weighted by atomic mass is 32.2. The molecule has 0 aliphatic heterocycles. The fourth-order valence-corrected chi connectivity index (χ4v) is 4.66. The first-order valence-corrected chi connectivity index (χ1v) is 11.7. The summed E-state index contributed by atoms with van der Waals surface area (Å²) in [5, 5.41) is 3.04. The SMILES string of the molecule is CC[C@@H](NC(=O)[C@@H](C)N(c1cc(C)ccc1C)S(C)(=O)=O)c1ccc(C)c(C)c1. The molecule has 6 heteroatoms. The lowest BCUT2D eigenvalue weighted by molar-refractivity contribution is -0.122. The van der Waals surface area contributed by atoms with Gasteiger partial charge in [-0.15, -0.1) is 0 Å². The zero-order valence-electron chi connectivity index (χ0n) is 18.4. The van der Waals surface area contributed by atoms with Gasteiger partial charge >= 0.3 is 0 Å². The third-order valence-corrected chi connectivity index (χ3v) is 6.58. The second-order valence-electron chi connectivity index (χ2n) is 7.84. The van der Waals surface area contributed by atoms with Gasteiger partial charge in [-0.2, -0.15) is 0 Å². The van der Waals surface area contributed by atoms with Gasteiger partial charge < -0.3 is 5.32 Å². The first kappa shape index (κ1) is 22.9. The van der Waals surface area contributed by atoms with Crippen LogP contribution in [0.2, 0.25) is 0 Å². The molecular weight excluding hydrogens is 384 g/mol. The minimum atomic E-state index is -3.65. The van der Waals surface area contributed by atoms with Gasteiger partial charge in [0.25, 0.3) is 0 Å². The Bertz CT molecular complexity index is 999. The molecule has 0 spiro atoms. The van der Waals surface area contributed by atoms with Crippen LogP contribution in [0, 0.1) is 27.7 Å². The van der Waals surface area contributed by atoms with Gasteiger partial charge in [-0.05, 0) is 74.9 Å². The number of nitrogens with zero attached hydrogens (tertiary/aromatic N) is 1. The summed E-state index contributed by atoms with van der Waals surface area (Å²) in [6, 6.07) is 10.7. The van der Waals surface area contributed by atoms with Crippen molar-refractivity contribution in [2.75, 3.05) is 10.6 Å². The molecule has 29 heavy (non-hydrogen) atoms. The van der Waals surface area contributed by atoms with Crippen molar-refractivity contribution in [1.82, 2.24) is 5.32 Å². The zero-order valence-corrected chi connectivity index (χ0v) is 19.2. The molecule has 0 aromatic heterocycles. The van der Waals surface area contributed by atoms with Gasteiger partial charge in [0, 0.05) is 0 Å². The molecule has 1 amide bonds. The predicted octanol–water partition coefficient (Wildman–Crippen LogP) is 4.34. The number of carbonyl (C=O) groups excluding carboxylic acids is 1. The second-order valence-corrected chi connectivity index (χ2v) is 9.70. The van der Waals surface area contributed by atoms with Gasteiger partial charge in [0.05, 0.1) is 18.0 Å². The average molecular weight is 417 g/mol. The quantitative estimate of drug-likeness (QED) is 0.730. The van der Waals surface area contributed by atoms with E-state index in [1.807, 2.05) is 52.0 Å². The number of aryl methyl sites for hydroxylation is 4. The molecule has 5 nitrogen and oxygen atoms in total. The fraction of sp³-hybridized carbons (Fsp3) is 0.435. The molecule has 0 bridgehead atoms. The van der Waals surface area contributed by atoms with Gasteiger partial charge in [0.15, 0.2) is 0 Å². The molecule has 2 rings (SSSR count). The van der Waals surface area contributed by atoms with Crippen LogP contribution in [0.15, 0.2) is 36.4 Å². The Hall–Kier alpha value is -2.34. The van der Waals surface area contributed by atoms with Crippen LogP contribution in [0.25, 0.3) is 0 Å². The number of carbonyl (C=O) groups is 1. The highest BCUT2D eigenvalue weighted by Crippen LogP contribution is 2.27. The molecule has 0 saturated carbocycles. The lowest BCUT2D eigenvalue weighted by atomic mass is 9.99. The minimum Gasteiger partial charge on any atom is -0.347 e. The van der Waals surface area contributed by atoms with Crippen molar-refractivity contribution in [2.45, 2.75) is 60.0 Å². The van der Waals surface area contributed by atoms with Crippen LogP contribution >= 0.6 is 0 Å². The summed E-state index contributed by atoms with van der Waals surface area (Å²) < 4.78 is 26.4. The molecule has 2 aromatic carbocycles. The molecule has 0 aliphatic rings. The third-order valence-electron chi connectivity index (χ3n) is 5.35. The summed E-state index contributed by atoms with van der Waals surface area (Å²) in [5.41, 5.74) is 5.66. The molecule has 2 aromatic rings. The van der Waals surface area contributed by atoms with E-state index in [9.17, 15) is 13.2 Å². The Morgan fingerprint density at radius 1 is 1.00 bits per heavy atom. The number of hydrogen-bond acceptors (Lipinski definition) is 3. The van der Waals surface area contributed by atoms with Crippen molar-refractivity contribution in [3.05, 3.63) is 64.2 Å². The van der Waals surface area contributed by atoms with Crippen molar-refractivity contribution >= 4 is 21.6 Å². The van der Waals surface area contributed by atoms with E-state index in [2.05, 4.69) is 18.3 Å². The maximum absolute atomic E-state index is 13.1. The highest BCUT2D eigenvalue weighted by Gasteiger charge is 2.31. The Morgan fingerprint density at radius 2 is 1.62 bits per heavy atom. The fourth-order valence-electron chi connectivity index (χ4n) is 3.43. The molecule has 0 fully saturated rings.